The number of halogens is 1. The van der Waals surface area contributed by atoms with E-state index in [9.17, 15) is 0 Å². The molecule has 1 atom stereocenters. The monoisotopic (exact) mass is 236 g/mol. The third-order valence-electron chi connectivity index (χ3n) is 3.11. The Morgan fingerprint density at radius 3 is 3.25 bits per heavy atom. The molecule has 1 fully saturated rings. The summed E-state index contributed by atoms with van der Waals surface area (Å²) in [6.07, 6.45) is 2.37. The Morgan fingerprint density at radius 2 is 2.44 bits per heavy atom. The lowest BCUT2D eigenvalue weighted by Gasteiger charge is -2.07. The molecule has 84 valence electrons. The lowest BCUT2D eigenvalue weighted by atomic mass is 9.98. The SMILES string of the molecule is Clc1nc2cc(CC3CCNC3)ccc2o1. The van der Waals surface area contributed by atoms with Crippen LogP contribution in [-0.4, -0.2) is 18.1 Å². The van der Waals surface area contributed by atoms with Gasteiger partial charge < -0.3 is 9.73 Å². The number of benzene rings is 1. The van der Waals surface area contributed by atoms with E-state index in [0.29, 0.717) is 0 Å². The van der Waals surface area contributed by atoms with E-state index in [0.717, 1.165) is 36.5 Å². The predicted molar refractivity (Wildman–Crippen MR) is 63.7 cm³/mol. The van der Waals surface area contributed by atoms with E-state index in [1.165, 1.54) is 12.0 Å². The Morgan fingerprint density at radius 1 is 1.50 bits per heavy atom. The standard InChI is InChI=1S/C12H13ClN2O/c13-12-15-10-6-8(1-2-11(10)16-12)5-9-3-4-14-7-9/h1-2,6,9,14H,3-5,7H2. The minimum Gasteiger partial charge on any atom is -0.428 e. The van der Waals surface area contributed by atoms with E-state index in [1.54, 1.807) is 0 Å². The van der Waals surface area contributed by atoms with Crippen molar-refractivity contribution in [3.8, 4) is 0 Å². The number of aromatic nitrogens is 1. The fourth-order valence-corrected chi connectivity index (χ4v) is 2.47. The first-order chi connectivity index (χ1) is 7.81. The van der Waals surface area contributed by atoms with Crippen molar-refractivity contribution >= 4 is 22.7 Å². The smallest absolute Gasteiger partial charge is 0.293 e. The van der Waals surface area contributed by atoms with E-state index in [2.05, 4.69) is 22.4 Å². The molecule has 1 saturated heterocycles. The number of fused-ring (bicyclic) bond motifs is 1. The number of nitrogens with zero attached hydrogens (tertiary/aromatic N) is 1. The van der Waals surface area contributed by atoms with Gasteiger partial charge in [-0.25, -0.2) is 0 Å². The molecule has 2 aromatic rings. The van der Waals surface area contributed by atoms with Gasteiger partial charge in [0.15, 0.2) is 5.58 Å². The summed E-state index contributed by atoms with van der Waals surface area (Å²) in [7, 11) is 0. The van der Waals surface area contributed by atoms with Crippen LogP contribution in [-0.2, 0) is 6.42 Å². The van der Waals surface area contributed by atoms with Crippen LogP contribution in [0.3, 0.4) is 0 Å². The number of rotatable bonds is 2. The third kappa shape index (κ3) is 1.93. The molecule has 1 aromatic heterocycles. The summed E-state index contributed by atoms with van der Waals surface area (Å²) in [6.45, 7) is 2.26. The third-order valence-corrected chi connectivity index (χ3v) is 3.27. The first-order valence-electron chi connectivity index (χ1n) is 5.57. The molecular formula is C12H13ClN2O. The van der Waals surface area contributed by atoms with Gasteiger partial charge in [0.05, 0.1) is 0 Å². The van der Waals surface area contributed by atoms with Gasteiger partial charge in [-0.05, 0) is 61.1 Å². The van der Waals surface area contributed by atoms with E-state index >= 15 is 0 Å². The van der Waals surface area contributed by atoms with Crippen molar-refractivity contribution in [3.63, 3.8) is 0 Å². The average molecular weight is 237 g/mol. The van der Waals surface area contributed by atoms with Crippen LogP contribution in [0.1, 0.15) is 12.0 Å². The highest BCUT2D eigenvalue weighted by molar-refractivity contribution is 6.28. The molecule has 1 N–H and O–H groups in total. The van der Waals surface area contributed by atoms with E-state index in [4.69, 9.17) is 16.0 Å². The van der Waals surface area contributed by atoms with Crippen molar-refractivity contribution in [2.75, 3.05) is 13.1 Å². The molecule has 0 radical (unpaired) electrons. The second kappa shape index (κ2) is 4.07. The van der Waals surface area contributed by atoms with Crippen molar-refractivity contribution in [2.24, 2.45) is 5.92 Å². The highest BCUT2D eigenvalue weighted by atomic mass is 35.5. The second-order valence-electron chi connectivity index (χ2n) is 4.33. The molecule has 3 nitrogen and oxygen atoms in total. The fourth-order valence-electron chi connectivity index (χ4n) is 2.29. The number of hydrogen-bond acceptors (Lipinski definition) is 3. The zero-order valence-corrected chi connectivity index (χ0v) is 9.63. The molecule has 0 spiro atoms. The number of nitrogens with one attached hydrogen (secondary N) is 1. The van der Waals surface area contributed by atoms with E-state index in [1.807, 2.05) is 6.07 Å². The zero-order chi connectivity index (χ0) is 11.0. The second-order valence-corrected chi connectivity index (χ2v) is 4.66. The molecule has 2 heterocycles. The first kappa shape index (κ1) is 10.1. The Labute approximate surface area is 98.8 Å². The summed E-state index contributed by atoms with van der Waals surface area (Å²) in [6, 6.07) is 6.12. The molecular weight excluding hydrogens is 224 g/mol. The minimum atomic E-state index is 0.217. The molecule has 1 aliphatic heterocycles. The van der Waals surface area contributed by atoms with Crippen LogP contribution in [0.15, 0.2) is 22.6 Å². The van der Waals surface area contributed by atoms with Crippen LogP contribution >= 0.6 is 11.6 Å². The zero-order valence-electron chi connectivity index (χ0n) is 8.87. The van der Waals surface area contributed by atoms with Gasteiger partial charge in [0.2, 0.25) is 0 Å². The van der Waals surface area contributed by atoms with Gasteiger partial charge in [0.25, 0.3) is 5.35 Å². The van der Waals surface area contributed by atoms with Crippen molar-refractivity contribution < 1.29 is 4.42 Å². The maximum atomic E-state index is 5.72. The fraction of sp³-hybridized carbons (Fsp3) is 0.417. The van der Waals surface area contributed by atoms with Gasteiger partial charge in [-0.3, -0.25) is 0 Å². The number of hydrogen-bond donors (Lipinski definition) is 1. The Kier molecular flexibility index (Phi) is 2.58. The molecule has 3 rings (SSSR count). The van der Waals surface area contributed by atoms with Crippen molar-refractivity contribution in [1.29, 1.82) is 0 Å². The largest absolute Gasteiger partial charge is 0.428 e. The average Bonchev–Trinajstić information content (AvgIpc) is 2.85. The van der Waals surface area contributed by atoms with Crippen molar-refractivity contribution in [1.82, 2.24) is 10.3 Å². The highest BCUT2D eigenvalue weighted by Crippen LogP contribution is 2.22. The molecule has 1 aliphatic rings. The quantitative estimate of drug-likeness (QED) is 0.871. The summed E-state index contributed by atoms with van der Waals surface area (Å²) in [5, 5.41) is 3.60. The van der Waals surface area contributed by atoms with Gasteiger partial charge >= 0.3 is 0 Å². The molecule has 0 aliphatic carbocycles. The van der Waals surface area contributed by atoms with Crippen LogP contribution in [0.2, 0.25) is 5.35 Å². The Balaban J connectivity index is 1.86. The Hall–Kier alpha value is -1.06. The van der Waals surface area contributed by atoms with E-state index in [-0.39, 0.29) is 5.35 Å². The first-order valence-corrected chi connectivity index (χ1v) is 5.95. The lowest BCUT2D eigenvalue weighted by Crippen LogP contribution is -2.10. The predicted octanol–water partition coefficient (Wildman–Crippen LogP) is 2.63. The van der Waals surface area contributed by atoms with Gasteiger partial charge in [0.1, 0.15) is 5.52 Å². The molecule has 1 unspecified atom stereocenters. The molecule has 1 aromatic carbocycles. The van der Waals surface area contributed by atoms with Gasteiger partial charge in [-0.15, -0.1) is 0 Å². The van der Waals surface area contributed by atoms with Crippen LogP contribution in [0.25, 0.3) is 11.1 Å². The van der Waals surface area contributed by atoms with Crippen LogP contribution in [0.5, 0.6) is 0 Å². The molecule has 0 bridgehead atoms. The summed E-state index contributed by atoms with van der Waals surface area (Å²) in [4.78, 5) is 4.13. The topological polar surface area (TPSA) is 38.1 Å². The summed E-state index contributed by atoms with van der Waals surface area (Å²) >= 11 is 5.72. The molecule has 4 heteroatoms. The van der Waals surface area contributed by atoms with E-state index < -0.39 is 0 Å². The normalized spacial score (nSPS) is 20.7. The maximum Gasteiger partial charge on any atom is 0.293 e. The van der Waals surface area contributed by atoms with Crippen LogP contribution in [0, 0.1) is 5.92 Å². The molecule has 16 heavy (non-hydrogen) atoms. The molecule has 0 saturated carbocycles. The summed E-state index contributed by atoms with van der Waals surface area (Å²) in [5.74, 6) is 0.750. The van der Waals surface area contributed by atoms with Gasteiger partial charge in [-0.2, -0.15) is 4.98 Å². The van der Waals surface area contributed by atoms with Crippen molar-refractivity contribution in [2.45, 2.75) is 12.8 Å². The van der Waals surface area contributed by atoms with Gasteiger partial charge in [-0.1, -0.05) is 6.07 Å². The summed E-state index contributed by atoms with van der Waals surface area (Å²) in [5.41, 5.74) is 2.93. The number of oxazole rings is 1. The van der Waals surface area contributed by atoms with Gasteiger partial charge in [0, 0.05) is 0 Å². The highest BCUT2D eigenvalue weighted by Gasteiger charge is 2.15. The Bertz CT molecular complexity index is 503. The minimum absolute atomic E-state index is 0.217. The van der Waals surface area contributed by atoms with Crippen LogP contribution in [0.4, 0.5) is 0 Å². The van der Waals surface area contributed by atoms with Crippen molar-refractivity contribution in [3.05, 3.63) is 29.1 Å². The maximum absolute atomic E-state index is 5.72. The molecule has 0 amide bonds. The van der Waals surface area contributed by atoms with Crippen LogP contribution < -0.4 is 5.32 Å². The summed E-state index contributed by atoms with van der Waals surface area (Å²) < 4.78 is 5.23. The lowest BCUT2D eigenvalue weighted by molar-refractivity contribution is 0.580.